The summed E-state index contributed by atoms with van der Waals surface area (Å²) in [7, 11) is 0. The molecule has 0 aliphatic rings. The van der Waals surface area contributed by atoms with Crippen molar-refractivity contribution in [2.75, 3.05) is 13.2 Å². The number of carboxylic acids is 1. The fraction of sp³-hybridized carbons (Fsp3) is 0.667. The molecule has 0 aromatic heterocycles. The average Bonchev–Trinajstić information content (AvgIpc) is 2.52. The molecule has 0 saturated carbocycles. The molecule has 0 rings (SSSR count). The van der Waals surface area contributed by atoms with Crippen LogP contribution in [-0.4, -0.2) is 47.6 Å². The monoisotopic (exact) mass is 348 g/mol. The number of carbonyl (C=O) groups is 2. The summed E-state index contributed by atoms with van der Waals surface area (Å²) in [5, 5.41) is 16.6. The summed E-state index contributed by atoms with van der Waals surface area (Å²) in [5.74, 6) is -1.25. The molecule has 0 heterocycles. The Bertz CT molecular complexity index is 269. The molecular weight excluding hydrogens is 312 g/mol. The highest BCUT2D eigenvalue weighted by Crippen LogP contribution is 2.01. The standard InChI is InChI=1S/C8H14O5.C6H14O.2C2H4/c9-5-6-13-8(12)4-2-1-3-7(10)11;1-5(2)7-6(3)4;2*1-2/h9H,1-6H2,(H,10,11);5-6H,1-4H3;2*1-2H2. The first-order valence-corrected chi connectivity index (χ1v) is 7.93. The summed E-state index contributed by atoms with van der Waals surface area (Å²) in [5.41, 5.74) is 0. The Hall–Kier alpha value is -1.66. The van der Waals surface area contributed by atoms with E-state index in [1.807, 2.05) is 27.7 Å². The number of esters is 1. The van der Waals surface area contributed by atoms with Crippen molar-refractivity contribution in [1.29, 1.82) is 0 Å². The van der Waals surface area contributed by atoms with Gasteiger partial charge in [-0.2, -0.15) is 0 Å². The number of carboxylic acid groups (broad SMARTS) is 1. The molecule has 0 radical (unpaired) electrons. The van der Waals surface area contributed by atoms with Crippen LogP contribution in [-0.2, 0) is 19.1 Å². The molecule has 0 unspecified atom stereocenters. The fourth-order valence-electron chi connectivity index (χ4n) is 1.32. The van der Waals surface area contributed by atoms with Gasteiger partial charge in [-0.15, -0.1) is 26.3 Å². The molecular formula is C18H36O6. The van der Waals surface area contributed by atoms with Gasteiger partial charge in [-0.25, -0.2) is 0 Å². The summed E-state index contributed by atoms with van der Waals surface area (Å²) in [6, 6.07) is 0. The van der Waals surface area contributed by atoms with Crippen LogP contribution in [0.5, 0.6) is 0 Å². The number of unbranched alkanes of at least 4 members (excludes halogenated alkanes) is 1. The minimum absolute atomic E-state index is 0.0117. The van der Waals surface area contributed by atoms with Crippen molar-refractivity contribution < 1.29 is 29.3 Å². The zero-order chi connectivity index (χ0) is 20.0. The van der Waals surface area contributed by atoms with Gasteiger partial charge in [-0.3, -0.25) is 9.59 Å². The summed E-state index contributed by atoms with van der Waals surface area (Å²) in [6.07, 6.45) is 2.03. The summed E-state index contributed by atoms with van der Waals surface area (Å²) in [6.45, 7) is 20.0. The molecule has 0 bridgehead atoms. The maximum absolute atomic E-state index is 10.8. The van der Waals surface area contributed by atoms with Crippen LogP contribution in [0.25, 0.3) is 0 Å². The summed E-state index contributed by atoms with van der Waals surface area (Å²) < 4.78 is 9.81. The maximum atomic E-state index is 10.8. The van der Waals surface area contributed by atoms with Gasteiger partial charge in [0.2, 0.25) is 0 Å². The molecule has 0 fully saturated rings. The Kier molecular flexibility index (Phi) is 33.1. The van der Waals surface area contributed by atoms with Gasteiger partial charge in [0.25, 0.3) is 0 Å². The third-order valence-electron chi connectivity index (χ3n) is 1.92. The molecule has 144 valence electrons. The van der Waals surface area contributed by atoms with Crippen LogP contribution in [0.2, 0.25) is 0 Å². The van der Waals surface area contributed by atoms with E-state index in [0.717, 1.165) is 0 Å². The van der Waals surface area contributed by atoms with E-state index in [1.165, 1.54) is 0 Å². The second-order valence-corrected chi connectivity index (χ2v) is 4.78. The lowest BCUT2D eigenvalue weighted by atomic mass is 10.2. The van der Waals surface area contributed by atoms with E-state index in [1.54, 1.807) is 0 Å². The molecule has 0 aromatic carbocycles. The molecule has 0 aromatic rings. The zero-order valence-electron chi connectivity index (χ0n) is 15.8. The predicted molar refractivity (Wildman–Crippen MR) is 98.0 cm³/mol. The van der Waals surface area contributed by atoms with Gasteiger partial charge < -0.3 is 19.7 Å². The van der Waals surface area contributed by atoms with Crippen molar-refractivity contribution >= 4 is 11.9 Å². The topological polar surface area (TPSA) is 93.1 Å². The molecule has 6 nitrogen and oxygen atoms in total. The molecule has 0 aliphatic carbocycles. The minimum atomic E-state index is -0.858. The Balaban J connectivity index is -0.000000153. The smallest absolute Gasteiger partial charge is 0.305 e. The highest BCUT2D eigenvalue weighted by Gasteiger charge is 2.03. The number of aliphatic carboxylic acids is 1. The first-order valence-electron chi connectivity index (χ1n) is 7.93. The van der Waals surface area contributed by atoms with Crippen molar-refractivity contribution in [2.45, 2.75) is 65.6 Å². The van der Waals surface area contributed by atoms with Gasteiger partial charge >= 0.3 is 11.9 Å². The number of carbonyl (C=O) groups excluding carboxylic acids is 1. The number of aliphatic hydroxyl groups is 1. The van der Waals surface area contributed by atoms with Gasteiger partial charge in [0.1, 0.15) is 6.61 Å². The number of hydrogen-bond donors (Lipinski definition) is 2. The van der Waals surface area contributed by atoms with E-state index >= 15 is 0 Å². The maximum Gasteiger partial charge on any atom is 0.305 e. The predicted octanol–water partition coefficient (Wildman–Crippen LogP) is 3.59. The highest BCUT2D eigenvalue weighted by molar-refractivity contribution is 5.69. The van der Waals surface area contributed by atoms with E-state index in [4.69, 9.17) is 14.9 Å². The molecule has 0 saturated heterocycles. The van der Waals surface area contributed by atoms with Crippen LogP contribution in [0.1, 0.15) is 53.4 Å². The summed E-state index contributed by atoms with van der Waals surface area (Å²) in [4.78, 5) is 20.8. The Morgan fingerprint density at radius 1 is 0.917 bits per heavy atom. The lowest BCUT2D eigenvalue weighted by Gasteiger charge is -2.09. The van der Waals surface area contributed by atoms with Crippen molar-refractivity contribution in [3.05, 3.63) is 26.3 Å². The third kappa shape index (κ3) is 42.8. The van der Waals surface area contributed by atoms with E-state index in [0.29, 0.717) is 25.0 Å². The number of rotatable bonds is 9. The normalized spacial score (nSPS) is 8.79. The first-order chi connectivity index (χ1) is 11.3. The Morgan fingerprint density at radius 2 is 1.33 bits per heavy atom. The van der Waals surface area contributed by atoms with Crippen LogP contribution in [0.4, 0.5) is 0 Å². The molecule has 0 amide bonds. The van der Waals surface area contributed by atoms with Crippen LogP contribution in [0, 0.1) is 0 Å². The lowest BCUT2D eigenvalue weighted by molar-refractivity contribution is -0.145. The third-order valence-corrected chi connectivity index (χ3v) is 1.92. The Labute approximate surface area is 147 Å². The average molecular weight is 348 g/mol. The molecule has 2 N–H and O–H groups in total. The van der Waals surface area contributed by atoms with Crippen LogP contribution in [0.3, 0.4) is 0 Å². The zero-order valence-corrected chi connectivity index (χ0v) is 15.8. The van der Waals surface area contributed by atoms with Gasteiger partial charge in [-0.1, -0.05) is 0 Å². The van der Waals surface area contributed by atoms with Crippen molar-refractivity contribution in [3.63, 3.8) is 0 Å². The lowest BCUT2D eigenvalue weighted by Crippen LogP contribution is -2.09. The quantitative estimate of drug-likeness (QED) is 0.376. The molecule has 0 aliphatic heterocycles. The highest BCUT2D eigenvalue weighted by atomic mass is 16.5. The second-order valence-electron chi connectivity index (χ2n) is 4.78. The van der Waals surface area contributed by atoms with Gasteiger partial charge in [0.05, 0.1) is 18.8 Å². The Morgan fingerprint density at radius 3 is 1.62 bits per heavy atom. The first kappa shape index (κ1) is 30.2. The number of aliphatic hydroxyl groups excluding tert-OH is 1. The number of ether oxygens (including phenoxy) is 2. The van der Waals surface area contributed by atoms with E-state index in [2.05, 4.69) is 31.1 Å². The largest absolute Gasteiger partial charge is 0.481 e. The molecule has 6 heteroatoms. The number of hydrogen-bond acceptors (Lipinski definition) is 5. The van der Waals surface area contributed by atoms with E-state index < -0.39 is 5.97 Å². The van der Waals surface area contributed by atoms with Gasteiger partial charge in [-0.05, 0) is 40.5 Å². The van der Waals surface area contributed by atoms with Crippen molar-refractivity contribution in [3.8, 4) is 0 Å². The van der Waals surface area contributed by atoms with Crippen LogP contribution >= 0.6 is 0 Å². The minimum Gasteiger partial charge on any atom is -0.481 e. The van der Waals surface area contributed by atoms with E-state index in [-0.39, 0.29) is 32.0 Å². The molecule has 24 heavy (non-hydrogen) atoms. The summed E-state index contributed by atoms with van der Waals surface area (Å²) >= 11 is 0. The fourth-order valence-corrected chi connectivity index (χ4v) is 1.32. The van der Waals surface area contributed by atoms with Crippen molar-refractivity contribution in [1.82, 2.24) is 0 Å². The van der Waals surface area contributed by atoms with Crippen LogP contribution in [0.15, 0.2) is 26.3 Å². The van der Waals surface area contributed by atoms with E-state index in [9.17, 15) is 9.59 Å². The van der Waals surface area contributed by atoms with Crippen LogP contribution < -0.4 is 0 Å². The van der Waals surface area contributed by atoms with Crippen molar-refractivity contribution in [2.24, 2.45) is 0 Å². The second kappa shape index (κ2) is 26.2. The van der Waals surface area contributed by atoms with Gasteiger partial charge in [0, 0.05) is 12.8 Å². The SMILES string of the molecule is C=C.C=C.CC(C)OC(C)C.O=C(O)CCCCC(=O)OCCO. The molecule has 0 atom stereocenters. The molecule has 0 spiro atoms. The van der Waals surface area contributed by atoms with Gasteiger partial charge in [0.15, 0.2) is 0 Å².